The van der Waals surface area contributed by atoms with Crippen LogP contribution < -0.4 is 0 Å². The second-order valence-electron chi connectivity index (χ2n) is 4.96. The monoisotopic (exact) mass is 291 g/mol. The Morgan fingerprint density at radius 1 is 1.22 bits per heavy atom. The van der Waals surface area contributed by atoms with Crippen LogP contribution in [0.3, 0.4) is 0 Å². The standard InChI is InChI=1S/C11H18ClN3O2S/c1-15-10(13-14-11(15)18(12,16)17)8-9-6-4-2-3-5-7-9/h9H,2-8H2,1H3. The van der Waals surface area contributed by atoms with E-state index in [-0.39, 0.29) is 5.16 Å². The SMILES string of the molecule is Cn1c(CC2CCCCCC2)nnc1S(=O)(=O)Cl. The molecule has 2 rings (SSSR count). The van der Waals surface area contributed by atoms with Crippen LogP contribution >= 0.6 is 10.7 Å². The first kappa shape index (κ1) is 13.8. The molecule has 0 unspecified atom stereocenters. The topological polar surface area (TPSA) is 64.8 Å². The lowest BCUT2D eigenvalue weighted by Gasteiger charge is -2.12. The average Bonchev–Trinajstić information content (AvgIpc) is 2.51. The minimum atomic E-state index is -3.80. The van der Waals surface area contributed by atoms with Crippen molar-refractivity contribution in [3.63, 3.8) is 0 Å². The molecule has 0 saturated heterocycles. The number of hydrogen-bond donors (Lipinski definition) is 0. The van der Waals surface area contributed by atoms with Crippen molar-refractivity contribution in [2.75, 3.05) is 0 Å². The fourth-order valence-electron chi connectivity index (χ4n) is 2.56. The molecule has 1 aromatic heterocycles. The number of rotatable bonds is 3. The lowest BCUT2D eigenvalue weighted by atomic mass is 9.96. The number of nitrogens with zero attached hydrogens (tertiary/aromatic N) is 3. The zero-order valence-corrected chi connectivity index (χ0v) is 12.0. The van der Waals surface area contributed by atoms with E-state index in [9.17, 15) is 8.42 Å². The van der Waals surface area contributed by atoms with Crippen LogP contribution in [-0.4, -0.2) is 23.2 Å². The Morgan fingerprint density at radius 3 is 2.33 bits per heavy atom. The second kappa shape index (κ2) is 5.57. The molecule has 1 fully saturated rings. The van der Waals surface area contributed by atoms with Crippen LogP contribution in [0.4, 0.5) is 0 Å². The zero-order chi connectivity index (χ0) is 13.2. The maximum Gasteiger partial charge on any atom is 0.296 e. The van der Waals surface area contributed by atoms with Gasteiger partial charge in [-0.15, -0.1) is 10.2 Å². The summed E-state index contributed by atoms with van der Waals surface area (Å²) in [4.78, 5) is 0. The second-order valence-corrected chi connectivity index (χ2v) is 7.42. The van der Waals surface area contributed by atoms with Crippen molar-refractivity contribution >= 4 is 19.7 Å². The van der Waals surface area contributed by atoms with Gasteiger partial charge in [-0.1, -0.05) is 38.5 Å². The summed E-state index contributed by atoms with van der Waals surface area (Å²) in [6.07, 6.45) is 8.28. The van der Waals surface area contributed by atoms with Crippen molar-refractivity contribution in [1.82, 2.24) is 14.8 Å². The highest BCUT2D eigenvalue weighted by molar-refractivity contribution is 8.13. The van der Waals surface area contributed by atoms with Gasteiger partial charge in [-0.3, -0.25) is 0 Å². The van der Waals surface area contributed by atoms with Gasteiger partial charge in [0, 0.05) is 24.2 Å². The lowest BCUT2D eigenvalue weighted by molar-refractivity contribution is 0.440. The maximum atomic E-state index is 11.3. The quantitative estimate of drug-likeness (QED) is 0.633. The molecule has 0 aromatic carbocycles. The Kier molecular flexibility index (Phi) is 4.27. The first-order valence-electron chi connectivity index (χ1n) is 6.31. The molecule has 0 aliphatic heterocycles. The molecule has 1 aliphatic carbocycles. The molecule has 0 bridgehead atoms. The predicted octanol–water partition coefficient (Wildman–Crippen LogP) is 2.26. The predicted molar refractivity (Wildman–Crippen MR) is 68.9 cm³/mol. The molecule has 5 nitrogen and oxygen atoms in total. The van der Waals surface area contributed by atoms with E-state index in [1.165, 1.54) is 43.1 Å². The number of aromatic nitrogens is 3. The van der Waals surface area contributed by atoms with Crippen LogP contribution in [0.25, 0.3) is 0 Å². The lowest BCUT2D eigenvalue weighted by Crippen LogP contribution is -2.10. The van der Waals surface area contributed by atoms with Gasteiger partial charge in [-0.2, -0.15) is 0 Å². The van der Waals surface area contributed by atoms with Gasteiger partial charge in [0.25, 0.3) is 14.2 Å². The van der Waals surface area contributed by atoms with Gasteiger partial charge >= 0.3 is 0 Å². The Morgan fingerprint density at radius 2 is 1.83 bits per heavy atom. The molecule has 1 heterocycles. The highest BCUT2D eigenvalue weighted by Crippen LogP contribution is 2.26. The maximum absolute atomic E-state index is 11.3. The Bertz CT molecular complexity index is 504. The molecule has 1 aromatic rings. The van der Waals surface area contributed by atoms with Gasteiger partial charge in [0.1, 0.15) is 5.82 Å². The molecule has 1 saturated carbocycles. The van der Waals surface area contributed by atoms with Gasteiger partial charge in [-0.25, -0.2) is 8.42 Å². The first-order chi connectivity index (χ1) is 8.48. The molecule has 1 aliphatic rings. The van der Waals surface area contributed by atoms with Gasteiger partial charge in [-0.05, 0) is 5.92 Å². The Labute approximate surface area is 112 Å². The normalized spacial score (nSPS) is 18.8. The fourth-order valence-corrected chi connectivity index (χ4v) is 3.54. The third kappa shape index (κ3) is 3.23. The van der Waals surface area contributed by atoms with Gasteiger partial charge in [0.05, 0.1) is 0 Å². The van der Waals surface area contributed by atoms with E-state index in [0.717, 1.165) is 6.42 Å². The molecule has 18 heavy (non-hydrogen) atoms. The molecule has 0 atom stereocenters. The summed E-state index contributed by atoms with van der Waals surface area (Å²) in [6, 6.07) is 0. The van der Waals surface area contributed by atoms with E-state index < -0.39 is 9.05 Å². The molecular formula is C11H18ClN3O2S. The molecule has 102 valence electrons. The van der Waals surface area contributed by atoms with Crippen LogP contribution in [0.1, 0.15) is 44.3 Å². The summed E-state index contributed by atoms with van der Waals surface area (Å²) in [7, 11) is 3.15. The van der Waals surface area contributed by atoms with Gasteiger partial charge in [0.15, 0.2) is 0 Å². The summed E-state index contributed by atoms with van der Waals surface area (Å²) in [6.45, 7) is 0. The van der Waals surface area contributed by atoms with Crippen molar-refractivity contribution in [2.45, 2.75) is 50.1 Å². The fraction of sp³-hybridized carbons (Fsp3) is 0.818. The van der Waals surface area contributed by atoms with Crippen molar-refractivity contribution in [3.8, 4) is 0 Å². The third-order valence-corrected chi connectivity index (χ3v) is 4.79. The van der Waals surface area contributed by atoms with E-state index >= 15 is 0 Å². The van der Waals surface area contributed by atoms with Crippen molar-refractivity contribution in [1.29, 1.82) is 0 Å². The number of hydrogen-bond acceptors (Lipinski definition) is 4. The van der Waals surface area contributed by atoms with Crippen molar-refractivity contribution in [2.24, 2.45) is 13.0 Å². The summed E-state index contributed by atoms with van der Waals surface area (Å²) < 4.78 is 24.0. The van der Waals surface area contributed by atoms with Gasteiger partial charge in [0.2, 0.25) is 0 Å². The molecule has 0 radical (unpaired) electrons. The average molecular weight is 292 g/mol. The summed E-state index contributed by atoms with van der Waals surface area (Å²) in [5.74, 6) is 1.29. The molecule has 0 N–H and O–H groups in total. The molecule has 0 spiro atoms. The summed E-state index contributed by atoms with van der Waals surface area (Å²) >= 11 is 0. The first-order valence-corrected chi connectivity index (χ1v) is 8.62. The largest absolute Gasteiger partial charge is 0.304 e. The molecular weight excluding hydrogens is 274 g/mol. The van der Waals surface area contributed by atoms with Crippen molar-refractivity contribution in [3.05, 3.63) is 5.82 Å². The smallest absolute Gasteiger partial charge is 0.296 e. The Hall–Kier alpha value is -0.620. The molecule has 7 heteroatoms. The third-order valence-electron chi connectivity index (χ3n) is 3.59. The van der Waals surface area contributed by atoms with Crippen LogP contribution in [-0.2, 0) is 22.5 Å². The van der Waals surface area contributed by atoms with Crippen LogP contribution in [0, 0.1) is 5.92 Å². The summed E-state index contributed by atoms with van der Waals surface area (Å²) in [5.41, 5.74) is 0. The van der Waals surface area contributed by atoms with E-state index in [0.29, 0.717) is 11.7 Å². The minimum absolute atomic E-state index is 0.159. The minimum Gasteiger partial charge on any atom is -0.304 e. The van der Waals surface area contributed by atoms with Crippen LogP contribution in [0.15, 0.2) is 5.16 Å². The highest BCUT2D eigenvalue weighted by Gasteiger charge is 2.22. The molecule has 0 amide bonds. The van der Waals surface area contributed by atoms with E-state index in [1.807, 2.05) is 0 Å². The van der Waals surface area contributed by atoms with E-state index in [1.54, 1.807) is 7.05 Å². The van der Waals surface area contributed by atoms with Crippen LogP contribution in [0.5, 0.6) is 0 Å². The zero-order valence-electron chi connectivity index (χ0n) is 10.5. The van der Waals surface area contributed by atoms with Crippen LogP contribution in [0.2, 0.25) is 0 Å². The number of halogens is 1. The van der Waals surface area contributed by atoms with E-state index in [4.69, 9.17) is 10.7 Å². The highest BCUT2D eigenvalue weighted by atomic mass is 35.7. The van der Waals surface area contributed by atoms with E-state index in [2.05, 4.69) is 10.2 Å². The van der Waals surface area contributed by atoms with Crippen molar-refractivity contribution < 1.29 is 8.42 Å². The Balaban J connectivity index is 2.12. The van der Waals surface area contributed by atoms with Gasteiger partial charge < -0.3 is 4.57 Å². The summed E-state index contributed by atoms with van der Waals surface area (Å²) in [5, 5.41) is 7.47.